The SMILES string of the molecule is CCN1/C(=C/C(=C/c2sc3ccc(OC)cc3[n+]2CCCS(=O)(=O)O)C2CC2)Sc2ccc(OC)cc21. The molecular formula is C27H31N2O5S3+. The highest BCUT2D eigenvalue weighted by atomic mass is 32.2. The molecule has 1 aliphatic carbocycles. The second-order valence-corrected chi connectivity index (χ2v) is 12.8. The summed E-state index contributed by atoms with van der Waals surface area (Å²) in [6.45, 7) is 3.50. The van der Waals surface area contributed by atoms with E-state index in [1.54, 1.807) is 37.3 Å². The van der Waals surface area contributed by atoms with Crippen molar-refractivity contribution in [3.05, 3.63) is 58.1 Å². The van der Waals surface area contributed by atoms with E-state index in [1.165, 1.54) is 21.2 Å². The van der Waals surface area contributed by atoms with Crippen molar-refractivity contribution in [2.45, 2.75) is 37.6 Å². The molecule has 1 aliphatic heterocycles. The summed E-state index contributed by atoms with van der Waals surface area (Å²) in [4.78, 5) is 3.55. The fourth-order valence-electron chi connectivity index (χ4n) is 4.57. The molecule has 0 saturated heterocycles. The third-order valence-corrected chi connectivity index (χ3v) is 9.63. The first kappa shape index (κ1) is 26.1. The maximum atomic E-state index is 11.4. The van der Waals surface area contributed by atoms with E-state index in [0.29, 0.717) is 18.9 Å². The van der Waals surface area contributed by atoms with E-state index in [2.05, 4.69) is 40.7 Å². The Morgan fingerprint density at radius 3 is 2.57 bits per heavy atom. The van der Waals surface area contributed by atoms with Gasteiger partial charge in [0.1, 0.15) is 16.2 Å². The fraction of sp³-hybridized carbons (Fsp3) is 0.370. The fourth-order valence-corrected chi connectivity index (χ4v) is 7.36. The summed E-state index contributed by atoms with van der Waals surface area (Å²) in [7, 11) is -0.685. The van der Waals surface area contributed by atoms with Gasteiger partial charge in [0.25, 0.3) is 15.1 Å². The molecule has 1 fully saturated rings. The average Bonchev–Trinajstić information content (AvgIpc) is 3.59. The minimum absolute atomic E-state index is 0.270. The van der Waals surface area contributed by atoms with Crippen molar-refractivity contribution in [2.24, 2.45) is 5.92 Å². The molecule has 37 heavy (non-hydrogen) atoms. The number of anilines is 1. The number of ether oxygens (including phenoxy) is 2. The third-order valence-electron chi connectivity index (χ3n) is 6.60. The van der Waals surface area contributed by atoms with Crippen LogP contribution in [0.1, 0.15) is 31.2 Å². The zero-order valence-corrected chi connectivity index (χ0v) is 23.6. The molecule has 0 bridgehead atoms. The Hall–Kier alpha value is -2.53. The van der Waals surface area contributed by atoms with Gasteiger partial charge in [0, 0.05) is 30.0 Å². The van der Waals surface area contributed by atoms with Crippen molar-refractivity contribution >= 4 is 55.2 Å². The molecule has 0 atom stereocenters. The Morgan fingerprint density at radius 2 is 1.89 bits per heavy atom. The van der Waals surface area contributed by atoms with Crippen LogP contribution in [0.15, 0.2) is 58.0 Å². The minimum atomic E-state index is -4.02. The summed E-state index contributed by atoms with van der Waals surface area (Å²) in [6.07, 6.45) is 7.21. The second kappa shape index (κ2) is 10.7. The number of hydrogen-bond donors (Lipinski definition) is 1. The lowest BCUT2D eigenvalue weighted by Crippen LogP contribution is -2.36. The molecule has 2 aliphatic rings. The van der Waals surface area contributed by atoms with Gasteiger partial charge in [0.05, 0.1) is 36.8 Å². The van der Waals surface area contributed by atoms with Gasteiger partial charge >= 0.3 is 0 Å². The van der Waals surface area contributed by atoms with E-state index < -0.39 is 10.1 Å². The predicted octanol–water partition coefficient (Wildman–Crippen LogP) is 5.75. The molecule has 1 aromatic heterocycles. The molecule has 0 amide bonds. The molecule has 3 aromatic rings. The van der Waals surface area contributed by atoms with Gasteiger partial charge in [-0.3, -0.25) is 4.55 Å². The molecule has 2 heterocycles. The van der Waals surface area contributed by atoms with Crippen LogP contribution in [0.3, 0.4) is 0 Å². The van der Waals surface area contributed by atoms with Gasteiger partial charge in [-0.15, -0.1) is 0 Å². The topological polar surface area (TPSA) is 80.0 Å². The highest BCUT2D eigenvalue weighted by Gasteiger charge is 2.31. The maximum absolute atomic E-state index is 11.4. The molecule has 5 rings (SSSR count). The first-order chi connectivity index (χ1) is 17.8. The number of thioether (sulfide) groups is 1. The summed E-state index contributed by atoms with van der Waals surface area (Å²) in [5.74, 6) is 1.84. The van der Waals surface area contributed by atoms with E-state index in [4.69, 9.17) is 9.47 Å². The number of fused-ring (bicyclic) bond motifs is 2. The van der Waals surface area contributed by atoms with Crippen molar-refractivity contribution in [3.8, 4) is 11.5 Å². The van der Waals surface area contributed by atoms with Crippen LogP contribution in [-0.2, 0) is 16.7 Å². The summed E-state index contributed by atoms with van der Waals surface area (Å²) < 4.78 is 46.1. The van der Waals surface area contributed by atoms with Crippen molar-refractivity contribution in [1.82, 2.24) is 0 Å². The summed E-state index contributed by atoms with van der Waals surface area (Å²) >= 11 is 3.46. The van der Waals surface area contributed by atoms with E-state index in [0.717, 1.165) is 46.1 Å². The molecule has 1 saturated carbocycles. The summed E-state index contributed by atoms with van der Waals surface area (Å²) in [5, 5.41) is 2.26. The number of rotatable bonds is 10. The van der Waals surface area contributed by atoms with Crippen LogP contribution >= 0.6 is 23.1 Å². The van der Waals surface area contributed by atoms with Gasteiger partial charge in [-0.2, -0.15) is 13.0 Å². The van der Waals surface area contributed by atoms with E-state index in [-0.39, 0.29) is 5.75 Å². The minimum Gasteiger partial charge on any atom is -0.497 e. The summed E-state index contributed by atoms with van der Waals surface area (Å²) in [6, 6.07) is 12.2. The van der Waals surface area contributed by atoms with Crippen molar-refractivity contribution in [2.75, 3.05) is 31.4 Å². The van der Waals surface area contributed by atoms with Crippen LogP contribution in [0.2, 0.25) is 0 Å². The van der Waals surface area contributed by atoms with Crippen LogP contribution in [-0.4, -0.2) is 39.5 Å². The first-order valence-corrected chi connectivity index (χ1v) is 15.6. The number of hydrogen-bond acceptors (Lipinski definition) is 7. The summed E-state index contributed by atoms with van der Waals surface area (Å²) in [5.41, 5.74) is 3.45. The number of aryl methyl sites for hydroxylation is 1. The highest BCUT2D eigenvalue weighted by Crippen LogP contribution is 2.49. The third kappa shape index (κ3) is 5.82. The molecule has 1 N–H and O–H groups in total. The normalized spacial score (nSPS) is 17.0. The second-order valence-electron chi connectivity index (χ2n) is 9.15. The lowest BCUT2D eigenvalue weighted by Gasteiger charge is -2.19. The maximum Gasteiger partial charge on any atom is 0.265 e. The number of methoxy groups -OCH3 is 2. The van der Waals surface area contributed by atoms with E-state index in [1.807, 2.05) is 24.3 Å². The van der Waals surface area contributed by atoms with Crippen LogP contribution in [0.4, 0.5) is 5.69 Å². The van der Waals surface area contributed by atoms with Crippen LogP contribution in [0, 0.1) is 5.92 Å². The van der Waals surface area contributed by atoms with Crippen LogP contribution in [0.25, 0.3) is 16.3 Å². The van der Waals surface area contributed by atoms with Crippen molar-refractivity contribution in [1.29, 1.82) is 0 Å². The molecule has 10 heteroatoms. The largest absolute Gasteiger partial charge is 0.497 e. The molecule has 0 spiro atoms. The van der Waals surface area contributed by atoms with E-state index >= 15 is 0 Å². The smallest absolute Gasteiger partial charge is 0.265 e. The zero-order valence-electron chi connectivity index (χ0n) is 21.1. The van der Waals surface area contributed by atoms with E-state index in [9.17, 15) is 13.0 Å². The molecular weight excluding hydrogens is 529 g/mol. The van der Waals surface area contributed by atoms with Gasteiger partial charge < -0.3 is 14.4 Å². The number of thiazole rings is 1. The number of aromatic nitrogens is 1. The van der Waals surface area contributed by atoms with Crippen LogP contribution in [0.5, 0.6) is 11.5 Å². The van der Waals surface area contributed by atoms with Gasteiger partial charge in [-0.25, -0.2) is 0 Å². The Morgan fingerprint density at radius 1 is 1.16 bits per heavy atom. The monoisotopic (exact) mass is 559 g/mol. The number of nitrogens with zero attached hydrogens (tertiary/aromatic N) is 2. The molecule has 196 valence electrons. The number of benzene rings is 2. The highest BCUT2D eigenvalue weighted by molar-refractivity contribution is 8.03. The molecule has 0 unspecified atom stereocenters. The molecule has 0 radical (unpaired) electrons. The first-order valence-electron chi connectivity index (χ1n) is 12.3. The Balaban J connectivity index is 1.54. The zero-order chi connectivity index (χ0) is 26.2. The quantitative estimate of drug-likeness (QED) is 0.250. The standard InChI is InChI=1S/C27H30N2O5S3/c1-4-28-22-16-20(33-2)8-10-24(22)35-26(28)14-19(18-6-7-18)15-27-29(12-5-13-37(30,31)32)23-17-21(34-3)9-11-25(23)36-27/h8-11,14-18H,4-7,12-13H2,1-3H3/p+1. The van der Waals surface area contributed by atoms with Gasteiger partial charge in [0.2, 0.25) is 5.52 Å². The number of allylic oxidation sites excluding steroid dienone is 2. The lowest BCUT2D eigenvalue weighted by molar-refractivity contribution is -0.668. The molecule has 2 aromatic carbocycles. The Kier molecular flexibility index (Phi) is 7.53. The van der Waals surface area contributed by atoms with Crippen LogP contribution < -0.4 is 18.9 Å². The lowest BCUT2D eigenvalue weighted by atomic mass is 10.1. The van der Waals surface area contributed by atoms with Crippen molar-refractivity contribution in [3.63, 3.8) is 0 Å². The van der Waals surface area contributed by atoms with Crippen molar-refractivity contribution < 1.29 is 27.0 Å². The van der Waals surface area contributed by atoms with Gasteiger partial charge in [-0.1, -0.05) is 23.1 Å². The average molecular weight is 560 g/mol. The Bertz CT molecular complexity index is 1490. The molecule has 7 nitrogen and oxygen atoms in total. The Labute approximate surface area is 226 Å². The predicted molar refractivity (Wildman–Crippen MR) is 150 cm³/mol. The van der Waals surface area contributed by atoms with Gasteiger partial charge in [-0.05, 0) is 61.6 Å². The van der Waals surface area contributed by atoms with Gasteiger partial charge in [0.15, 0.2) is 6.54 Å².